The Kier molecular flexibility index (Phi) is 2.93. The van der Waals surface area contributed by atoms with E-state index in [0.29, 0.717) is 5.13 Å². The number of nitrogens with one attached hydrogen (secondary N) is 1. The Morgan fingerprint density at radius 2 is 1.94 bits per heavy atom. The van der Waals surface area contributed by atoms with Gasteiger partial charge in [0.2, 0.25) is 0 Å². The lowest BCUT2D eigenvalue weighted by Crippen LogP contribution is -2.12. The van der Waals surface area contributed by atoms with Crippen LogP contribution in [0.3, 0.4) is 0 Å². The molecule has 1 aromatic carbocycles. The SMILES string of the molecule is Cc1ccc(S(=O)(=O)Nc2nccs2)cc1. The number of anilines is 1. The third-order valence-electron chi connectivity index (χ3n) is 1.99. The topological polar surface area (TPSA) is 59.1 Å². The molecule has 16 heavy (non-hydrogen) atoms. The minimum atomic E-state index is -3.50. The maximum absolute atomic E-state index is 11.9. The van der Waals surface area contributed by atoms with Crippen LogP contribution in [-0.4, -0.2) is 13.4 Å². The fraction of sp³-hybridized carbons (Fsp3) is 0.100. The lowest BCUT2D eigenvalue weighted by Gasteiger charge is -2.04. The number of rotatable bonds is 3. The smallest absolute Gasteiger partial charge is 0.255 e. The van der Waals surface area contributed by atoms with Crippen molar-refractivity contribution in [3.8, 4) is 0 Å². The Morgan fingerprint density at radius 1 is 1.25 bits per heavy atom. The molecule has 1 heterocycles. The van der Waals surface area contributed by atoms with Crippen molar-refractivity contribution in [2.45, 2.75) is 11.8 Å². The van der Waals surface area contributed by atoms with Gasteiger partial charge in [-0.2, -0.15) is 0 Å². The molecular formula is C10H10N2O2S2. The van der Waals surface area contributed by atoms with Crippen LogP contribution in [0.5, 0.6) is 0 Å². The Hall–Kier alpha value is -1.40. The average Bonchev–Trinajstić information content (AvgIpc) is 2.70. The van der Waals surface area contributed by atoms with Crippen molar-refractivity contribution in [3.05, 3.63) is 41.4 Å². The quantitative estimate of drug-likeness (QED) is 0.914. The van der Waals surface area contributed by atoms with E-state index >= 15 is 0 Å². The van der Waals surface area contributed by atoms with Crippen molar-refractivity contribution >= 4 is 26.5 Å². The van der Waals surface area contributed by atoms with Crippen molar-refractivity contribution < 1.29 is 8.42 Å². The number of thiazole rings is 1. The largest absolute Gasteiger partial charge is 0.263 e. The summed E-state index contributed by atoms with van der Waals surface area (Å²) in [6, 6.07) is 6.67. The lowest BCUT2D eigenvalue weighted by atomic mass is 10.2. The molecule has 0 saturated carbocycles. The van der Waals surface area contributed by atoms with Gasteiger partial charge in [-0.1, -0.05) is 17.7 Å². The Morgan fingerprint density at radius 3 is 2.50 bits per heavy atom. The van der Waals surface area contributed by atoms with Crippen LogP contribution in [0.15, 0.2) is 40.7 Å². The first-order valence-electron chi connectivity index (χ1n) is 4.57. The first-order valence-corrected chi connectivity index (χ1v) is 6.93. The second-order valence-corrected chi connectivity index (χ2v) is 5.83. The number of aromatic nitrogens is 1. The molecule has 0 saturated heterocycles. The monoisotopic (exact) mass is 254 g/mol. The maximum Gasteiger partial charge on any atom is 0.263 e. The fourth-order valence-corrected chi connectivity index (χ4v) is 2.95. The summed E-state index contributed by atoms with van der Waals surface area (Å²) in [5, 5.41) is 2.09. The van der Waals surface area contributed by atoms with Gasteiger partial charge in [0, 0.05) is 11.6 Å². The molecule has 0 atom stereocenters. The van der Waals surface area contributed by atoms with Crippen LogP contribution >= 0.6 is 11.3 Å². The standard InChI is InChI=1S/C10H10N2O2S2/c1-8-2-4-9(5-3-8)16(13,14)12-10-11-6-7-15-10/h2-7H,1H3,(H,11,12). The van der Waals surface area contributed by atoms with Crippen LogP contribution in [-0.2, 0) is 10.0 Å². The van der Waals surface area contributed by atoms with E-state index in [1.165, 1.54) is 11.3 Å². The highest BCUT2D eigenvalue weighted by Crippen LogP contribution is 2.17. The summed E-state index contributed by atoms with van der Waals surface area (Å²) in [5.74, 6) is 0. The summed E-state index contributed by atoms with van der Waals surface area (Å²) < 4.78 is 26.1. The Bertz CT molecular complexity index is 559. The molecule has 0 aliphatic carbocycles. The van der Waals surface area contributed by atoms with Gasteiger partial charge in [0.25, 0.3) is 10.0 Å². The van der Waals surface area contributed by atoms with E-state index in [0.717, 1.165) is 5.56 Å². The molecular weight excluding hydrogens is 244 g/mol. The summed E-state index contributed by atoms with van der Waals surface area (Å²) in [6.45, 7) is 1.91. The van der Waals surface area contributed by atoms with Gasteiger partial charge in [0.15, 0.2) is 5.13 Å². The third kappa shape index (κ3) is 2.40. The van der Waals surface area contributed by atoms with Crippen molar-refractivity contribution in [2.24, 2.45) is 0 Å². The van der Waals surface area contributed by atoms with Crippen molar-refractivity contribution in [1.29, 1.82) is 0 Å². The molecule has 0 unspecified atom stereocenters. The Balaban J connectivity index is 2.29. The van der Waals surface area contributed by atoms with Crippen LogP contribution in [0.1, 0.15) is 5.56 Å². The summed E-state index contributed by atoms with van der Waals surface area (Å²) in [5.41, 5.74) is 1.02. The third-order valence-corrected chi connectivity index (χ3v) is 4.16. The van der Waals surface area contributed by atoms with Gasteiger partial charge in [-0.3, -0.25) is 4.72 Å². The second-order valence-electron chi connectivity index (χ2n) is 3.26. The van der Waals surface area contributed by atoms with Crippen LogP contribution in [0.4, 0.5) is 5.13 Å². The van der Waals surface area contributed by atoms with E-state index < -0.39 is 10.0 Å². The van der Waals surface area contributed by atoms with Crippen LogP contribution in [0, 0.1) is 6.92 Å². The summed E-state index contributed by atoms with van der Waals surface area (Å²) in [6.07, 6.45) is 1.55. The van der Waals surface area contributed by atoms with E-state index in [4.69, 9.17) is 0 Å². The first kappa shape index (κ1) is 11.1. The molecule has 4 nitrogen and oxygen atoms in total. The molecule has 0 spiro atoms. The van der Waals surface area contributed by atoms with Crippen LogP contribution < -0.4 is 4.72 Å². The molecule has 2 rings (SSSR count). The molecule has 6 heteroatoms. The van der Waals surface area contributed by atoms with Crippen LogP contribution in [0.25, 0.3) is 0 Å². The maximum atomic E-state index is 11.9. The van der Waals surface area contributed by atoms with Gasteiger partial charge in [0.05, 0.1) is 4.90 Å². The van der Waals surface area contributed by atoms with E-state index in [9.17, 15) is 8.42 Å². The van der Waals surface area contributed by atoms with Gasteiger partial charge in [-0.15, -0.1) is 11.3 Å². The number of benzene rings is 1. The second kappa shape index (κ2) is 4.23. The molecule has 1 N–H and O–H groups in total. The van der Waals surface area contributed by atoms with Gasteiger partial charge >= 0.3 is 0 Å². The van der Waals surface area contributed by atoms with Crippen molar-refractivity contribution in [1.82, 2.24) is 4.98 Å². The number of hydrogen-bond acceptors (Lipinski definition) is 4. The number of nitrogens with zero attached hydrogens (tertiary/aromatic N) is 1. The van der Waals surface area contributed by atoms with Gasteiger partial charge < -0.3 is 0 Å². The number of aryl methyl sites for hydroxylation is 1. The summed E-state index contributed by atoms with van der Waals surface area (Å²) in [4.78, 5) is 4.12. The zero-order valence-corrected chi connectivity index (χ0v) is 10.2. The number of hydrogen-bond donors (Lipinski definition) is 1. The highest BCUT2D eigenvalue weighted by atomic mass is 32.2. The molecule has 2 aromatic rings. The van der Waals surface area contributed by atoms with Crippen molar-refractivity contribution in [2.75, 3.05) is 4.72 Å². The van der Waals surface area contributed by atoms with Gasteiger partial charge in [0.1, 0.15) is 0 Å². The molecule has 0 amide bonds. The summed E-state index contributed by atoms with van der Waals surface area (Å²) >= 11 is 1.25. The molecule has 0 bridgehead atoms. The highest BCUT2D eigenvalue weighted by Gasteiger charge is 2.14. The first-order chi connectivity index (χ1) is 7.58. The van der Waals surface area contributed by atoms with E-state index in [2.05, 4.69) is 9.71 Å². The van der Waals surface area contributed by atoms with Gasteiger partial charge in [-0.05, 0) is 19.1 Å². The van der Waals surface area contributed by atoms with E-state index in [1.807, 2.05) is 6.92 Å². The molecule has 1 aromatic heterocycles. The van der Waals surface area contributed by atoms with E-state index in [-0.39, 0.29) is 4.90 Å². The number of sulfonamides is 1. The predicted molar refractivity (Wildman–Crippen MR) is 64.1 cm³/mol. The molecule has 0 aliphatic rings. The van der Waals surface area contributed by atoms with E-state index in [1.54, 1.807) is 35.8 Å². The molecule has 0 radical (unpaired) electrons. The zero-order valence-electron chi connectivity index (χ0n) is 8.54. The van der Waals surface area contributed by atoms with Crippen molar-refractivity contribution in [3.63, 3.8) is 0 Å². The summed E-state index contributed by atoms with van der Waals surface area (Å²) in [7, 11) is -3.50. The Labute approximate surface area is 98.0 Å². The average molecular weight is 254 g/mol. The predicted octanol–water partition coefficient (Wildman–Crippen LogP) is 2.25. The lowest BCUT2D eigenvalue weighted by molar-refractivity contribution is 0.601. The molecule has 0 aliphatic heterocycles. The molecule has 84 valence electrons. The highest BCUT2D eigenvalue weighted by molar-refractivity contribution is 7.93. The minimum absolute atomic E-state index is 0.244. The fourth-order valence-electron chi connectivity index (χ4n) is 1.17. The van der Waals surface area contributed by atoms with Gasteiger partial charge in [-0.25, -0.2) is 13.4 Å². The normalized spacial score (nSPS) is 11.3. The minimum Gasteiger partial charge on any atom is -0.255 e. The van der Waals surface area contributed by atoms with Crippen LogP contribution in [0.2, 0.25) is 0 Å². The zero-order chi connectivity index (χ0) is 11.6. The molecule has 0 fully saturated rings.